The van der Waals surface area contributed by atoms with E-state index in [1.807, 2.05) is 36.0 Å². The Hall–Kier alpha value is -3.74. The average Bonchev–Trinajstić information content (AvgIpc) is 2.94. The quantitative estimate of drug-likeness (QED) is 0.562. The molecule has 0 saturated carbocycles. The maximum atomic E-state index is 13.1. The standard InChI is InChI=1S/C23H21N5O2/c1-27-20(15-7-3-2-4-8-15)16-11-13-28(14-12-19(16)26-27)23(30)21-24-18-10-6-5-9-17(18)22(29)25-21/h2-10H,11-14H2,1H3,(H,24,25,29). The largest absolute Gasteiger partial charge is 0.335 e. The van der Waals surface area contributed by atoms with Crippen LogP contribution in [0.1, 0.15) is 21.9 Å². The Kier molecular flexibility index (Phi) is 4.43. The molecular formula is C23H21N5O2. The van der Waals surface area contributed by atoms with Gasteiger partial charge < -0.3 is 9.88 Å². The van der Waals surface area contributed by atoms with E-state index in [4.69, 9.17) is 5.10 Å². The number of carbonyl (C=O) groups excluding carboxylic acids is 1. The number of amides is 1. The van der Waals surface area contributed by atoms with Gasteiger partial charge in [-0.05, 0) is 18.6 Å². The van der Waals surface area contributed by atoms with Crippen molar-refractivity contribution in [2.75, 3.05) is 13.1 Å². The summed E-state index contributed by atoms with van der Waals surface area (Å²) in [4.78, 5) is 34.3. The molecule has 0 atom stereocenters. The number of benzene rings is 2. The minimum Gasteiger partial charge on any atom is -0.335 e. The highest BCUT2D eigenvalue weighted by molar-refractivity contribution is 5.92. The van der Waals surface area contributed by atoms with Crippen molar-refractivity contribution in [2.45, 2.75) is 12.8 Å². The number of rotatable bonds is 2. The number of aryl methyl sites for hydroxylation is 1. The van der Waals surface area contributed by atoms with Crippen molar-refractivity contribution in [1.29, 1.82) is 0 Å². The third-order valence-corrected chi connectivity index (χ3v) is 5.63. The number of H-pyrrole nitrogens is 1. The Bertz CT molecular complexity index is 1310. The molecule has 1 N–H and O–H groups in total. The monoisotopic (exact) mass is 399 g/mol. The predicted molar refractivity (Wildman–Crippen MR) is 114 cm³/mol. The first kappa shape index (κ1) is 18.3. The molecule has 7 heteroatoms. The van der Waals surface area contributed by atoms with E-state index in [0.717, 1.165) is 17.0 Å². The predicted octanol–water partition coefficient (Wildman–Crippen LogP) is 2.56. The lowest BCUT2D eigenvalue weighted by molar-refractivity contribution is 0.0750. The van der Waals surface area contributed by atoms with Crippen LogP contribution >= 0.6 is 0 Å². The van der Waals surface area contributed by atoms with E-state index < -0.39 is 0 Å². The highest BCUT2D eigenvalue weighted by atomic mass is 16.2. The van der Waals surface area contributed by atoms with Gasteiger partial charge in [0.1, 0.15) is 0 Å². The second-order valence-corrected chi connectivity index (χ2v) is 7.49. The molecule has 2 aromatic heterocycles. The number of nitrogens with one attached hydrogen (secondary N) is 1. The molecule has 1 amide bonds. The number of aromatic amines is 1. The zero-order valence-electron chi connectivity index (χ0n) is 16.6. The third kappa shape index (κ3) is 3.08. The molecule has 30 heavy (non-hydrogen) atoms. The molecule has 1 aliphatic heterocycles. The number of aromatic nitrogens is 4. The van der Waals surface area contributed by atoms with Crippen LogP contribution in [0, 0.1) is 0 Å². The minimum atomic E-state index is -0.296. The van der Waals surface area contributed by atoms with Crippen LogP contribution in [-0.4, -0.2) is 43.6 Å². The zero-order valence-corrected chi connectivity index (χ0v) is 16.6. The first-order valence-electron chi connectivity index (χ1n) is 10.0. The average molecular weight is 399 g/mol. The summed E-state index contributed by atoms with van der Waals surface area (Å²) in [6.45, 7) is 1.08. The van der Waals surface area contributed by atoms with Crippen molar-refractivity contribution in [3.05, 3.63) is 82.0 Å². The fourth-order valence-electron chi connectivity index (χ4n) is 4.18. The van der Waals surface area contributed by atoms with Gasteiger partial charge in [-0.3, -0.25) is 14.3 Å². The molecule has 150 valence electrons. The number of para-hydroxylation sites is 1. The van der Waals surface area contributed by atoms with Gasteiger partial charge >= 0.3 is 0 Å². The van der Waals surface area contributed by atoms with Crippen molar-refractivity contribution in [3.8, 4) is 11.3 Å². The van der Waals surface area contributed by atoms with Gasteiger partial charge in [-0.1, -0.05) is 42.5 Å². The van der Waals surface area contributed by atoms with Gasteiger partial charge in [0.25, 0.3) is 11.5 Å². The first-order chi connectivity index (χ1) is 14.6. The van der Waals surface area contributed by atoms with E-state index in [2.05, 4.69) is 22.1 Å². The Balaban J connectivity index is 1.44. The van der Waals surface area contributed by atoms with Crippen LogP contribution in [-0.2, 0) is 19.9 Å². The van der Waals surface area contributed by atoms with E-state index in [1.54, 1.807) is 23.1 Å². The van der Waals surface area contributed by atoms with Crippen LogP contribution < -0.4 is 5.56 Å². The Labute approximate surface area is 173 Å². The van der Waals surface area contributed by atoms with Crippen molar-refractivity contribution in [2.24, 2.45) is 7.05 Å². The highest BCUT2D eigenvalue weighted by Crippen LogP contribution is 2.28. The summed E-state index contributed by atoms with van der Waals surface area (Å²) in [5.41, 5.74) is 4.64. The highest BCUT2D eigenvalue weighted by Gasteiger charge is 2.26. The number of carbonyl (C=O) groups is 1. The number of nitrogens with zero attached hydrogens (tertiary/aromatic N) is 4. The van der Waals surface area contributed by atoms with E-state index in [1.165, 1.54) is 5.56 Å². The van der Waals surface area contributed by atoms with Crippen LogP contribution in [0.3, 0.4) is 0 Å². The van der Waals surface area contributed by atoms with Crippen LogP contribution in [0.5, 0.6) is 0 Å². The van der Waals surface area contributed by atoms with Gasteiger partial charge in [0.05, 0.1) is 22.3 Å². The molecule has 0 radical (unpaired) electrons. The van der Waals surface area contributed by atoms with Crippen molar-refractivity contribution in [3.63, 3.8) is 0 Å². The minimum absolute atomic E-state index is 0.0853. The lowest BCUT2D eigenvalue weighted by atomic mass is 10.0. The number of hydrogen-bond acceptors (Lipinski definition) is 4. The summed E-state index contributed by atoms with van der Waals surface area (Å²) in [5.74, 6) is -0.171. The van der Waals surface area contributed by atoms with Crippen LogP contribution in [0.2, 0.25) is 0 Å². The summed E-state index contributed by atoms with van der Waals surface area (Å²) in [5, 5.41) is 5.20. The first-order valence-corrected chi connectivity index (χ1v) is 10.0. The fourth-order valence-corrected chi connectivity index (χ4v) is 4.18. The van der Waals surface area contributed by atoms with E-state index in [9.17, 15) is 9.59 Å². The topological polar surface area (TPSA) is 83.9 Å². The van der Waals surface area contributed by atoms with Crippen LogP contribution in [0.15, 0.2) is 59.4 Å². The lowest BCUT2D eigenvalue weighted by Crippen LogP contribution is -2.35. The van der Waals surface area contributed by atoms with Crippen LogP contribution in [0.4, 0.5) is 0 Å². The molecule has 5 rings (SSSR count). The molecule has 0 fully saturated rings. The Morgan fingerprint density at radius 3 is 2.57 bits per heavy atom. The second-order valence-electron chi connectivity index (χ2n) is 7.49. The number of hydrogen-bond donors (Lipinski definition) is 1. The van der Waals surface area contributed by atoms with E-state index in [0.29, 0.717) is 36.8 Å². The number of fused-ring (bicyclic) bond motifs is 2. The Morgan fingerprint density at radius 1 is 1.00 bits per heavy atom. The maximum absolute atomic E-state index is 13.1. The van der Waals surface area contributed by atoms with E-state index >= 15 is 0 Å². The molecule has 1 aliphatic rings. The summed E-state index contributed by atoms with van der Waals surface area (Å²) in [6.07, 6.45) is 1.37. The van der Waals surface area contributed by atoms with E-state index in [-0.39, 0.29) is 17.3 Å². The van der Waals surface area contributed by atoms with Gasteiger partial charge in [-0.25, -0.2) is 4.98 Å². The zero-order chi connectivity index (χ0) is 20.7. The van der Waals surface area contributed by atoms with Gasteiger partial charge in [-0.2, -0.15) is 5.10 Å². The van der Waals surface area contributed by atoms with Crippen molar-refractivity contribution >= 4 is 16.8 Å². The summed E-state index contributed by atoms with van der Waals surface area (Å²) in [6, 6.07) is 17.2. The molecule has 0 saturated heterocycles. The second kappa shape index (κ2) is 7.26. The maximum Gasteiger partial charge on any atom is 0.289 e. The van der Waals surface area contributed by atoms with Gasteiger partial charge in [0, 0.05) is 37.7 Å². The summed E-state index contributed by atoms with van der Waals surface area (Å²) >= 11 is 0. The molecular weight excluding hydrogens is 378 g/mol. The third-order valence-electron chi connectivity index (χ3n) is 5.63. The summed E-state index contributed by atoms with van der Waals surface area (Å²) in [7, 11) is 1.96. The van der Waals surface area contributed by atoms with Gasteiger partial charge in [-0.15, -0.1) is 0 Å². The molecule has 7 nitrogen and oxygen atoms in total. The molecule has 4 aromatic rings. The SMILES string of the molecule is Cn1nc2c(c1-c1ccccc1)CCN(C(=O)c1nc3ccccc3c(=O)[nH]1)CC2. The lowest BCUT2D eigenvalue weighted by Gasteiger charge is -2.20. The molecule has 0 unspecified atom stereocenters. The fraction of sp³-hybridized carbons (Fsp3) is 0.217. The molecule has 3 heterocycles. The van der Waals surface area contributed by atoms with Crippen molar-refractivity contribution < 1.29 is 4.79 Å². The molecule has 0 spiro atoms. The Morgan fingerprint density at radius 2 is 1.73 bits per heavy atom. The smallest absolute Gasteiger partial charge is 0.289 e. The van der Waals surface area contributed by atoms with Crippen molar-refractivity contribution in [1.82, 2.24) is 24.6 Å². The molecule has 2 aromatic carbocycles. The molecule has 0 bridgehead atoms. The molecule has 0 aliphatic carbocycles. The van der Waals surface area contributed by atoms with Crippen LogP contribution in [0.25, 0.3) is 22.2 Å². The normalized spacial score (nSPS) is 13.8. The summed E-state index contributed by atoms with van der Waals surface area (Å²) < 4.78 is 1.93. The van der Waals surface area contributed by atoms with Gasteiger partial charge in [0.2, 0.25) is 0 Å². The van der Waals surface area contributed by atoms with Gasteiger partial charge in [0.15, 0.2) is 5.82 Å².